The summed E-state index contributed by atoms with van der Waals surface area (Å²) in [6.07, 6.45) is 1.24. The molecule has 1 aliphatic heterocycles. The van der Waals surface area contributed by atoms with E-state index in [9.17, 15) is 0 Å². The zero-order valence-electron chi connectivity index (χ0n) is 10.8. The maximum absolute atomic E-state index is 5.73. The van der Waals surface area contributed by atoms with Crippen LogP contribution in [0.2, 0.25) is 0 Å². The molecule has 0 aromatic rings. The molecule has 17 heavy (non-hydrogen) atoms. The predicted molar refractivity (Wildman–Crippen MR) is 82.0 cm³/mol. The normalized spacial score (nSPS) is 21.3. The maximum atomic E-state index is 5.73. The van der Waals surface area contributed by atoms with E-state index in [0.717, 1.165) is 26.2 Å². The number of guanidine groups is 1. The van der Waals surface area contributed by atoms with Gasteiger partial charge in [0.1, 0.15) is 0 Å². The molecule has 1 atom stereocenters. The first-order valence-electron chi connectivity index (χ1n) is 6.01. The fraction of sp³-hybridized carbons (Fsp3) is 0.909. The highest BCUT2D eigenvalue weighted by Crippen LogP contribution is 2.15. The van der Waals surface area contributed by atoms with Crippen LogP contribution in [0, 0.1) is 5.92 Å². The quantitative estimate of drug-likeness (QED) is 0.315. The van der Waals surface area contributed by atoms with Gasteiger partial charge in [-0.1, -0.05) is 6.92 Å². The zero-order chi connectivity index (χ0) is 11.8. The van der Waals surface area contributed by atoms with Crippen molar-refractivity contribution in [2.75, 3.05) is 46.4 Å². The van der Waals surface area contributed by atoms with Crippen LogP contribution in [-0.4, -0.2) is 57.3 Å². The van der Waals surface area contributed by atoms with Crippen molar-refractivity contribution in [3.63, 3.8) is 0 Å². The number of likely N-dealkylation sites (tertiary alicyclic amines) is 1. The van der Waals surface area contributed by atoms with Crippen molar-refractivity contribution < 1.29 is 4.74 Å². The average molecular weight is 356 g/mol. The van der Waals surface area contributed by atoms with E-state index in [1.807, 2.05) is 0 Å². The lowest BCUT2D eigenvalue weighted by Crippen LogP contribution is -2.34. The number of nitrogens with two attached hydrogens (primary N) is 1. The van der Waals surface area contributed by atoms with Crippen LogP contribution >= 0.6 is 24.0 Å². The second-order valence-corrected chi connectivity index (χ2v) is 4.19. The summed E-state index contributed by atoms with van der Waals surface area (Å²) in [4.78, 5) is 6.80. The van der Waals surface area contributed by atoms with Gasteiger partial charge in [0, 0.05) is 26.7 Å². The Morgan fingerprint density at radius 2 is 2.35 bits per heavy atom. The van der Waals surface area contributed by atoms with Gasteiger partial charge < -0.3 is 20.7 Å². The third-order valence-corrected chi connectivity index (χ3v) is 2.95. The van der Waals surface area contributed by atoms with Crippen LogP contribution in [0.15, 0.2) is 4.99 Å². The van der Waals surface area contributed by atoms with E-state index in [4.69, 9.17) is 10.5 Å². The highest BCUT2D eigenvalue weighted by molar-refractivity contribution is 14.0. The molecule has 1 unspecified atom stereocenters. The Morgan fingerprint density at radius 3 is 2.94 bits per heavy atom. The molecule has 0 amide bonds. The third kappa shape index (κ3) is 7.05. The first kappa shape index (κ1) is 16.9. The van der Waals surface area contributed by atoms with Gasteiger partial charge in [-0.25, -0.2) is 0 Å². The number of rotatable bonds is 6. The summed E-state index contributed by atoms with van der Waals surface area (Å²) in [5.74, 6) is 1.20. The van der Waals surface area contributed by atoms with Gasteiger partial charge in [-0.3, -0.25) is 4.99 Å². The lowest BCUT2D eigenvalue weighted by molar-refractivity contribution is 0.204. The molecule has 0 aromatic carbocycles. The topological polar surface area (TPSA) is 62.9 Å². The first-order valence-corrected chi connectivity index (χ1v) is 6.01. The van der Waals surface area contributed by atoms with Crippen molar-refractivity contribution in [3.8, 4) is 0 Å². The van der Waals surface area contributed by atoms with Gasteiger partial charge in [-0.15, -0.1) is 24.0 Å². The second-order valence-electron chi connectivity index (χ2n) is 4.19. The second kappa shape index (κ2) is 9.90. The minimum absolute atomic E-state index is 0. The van der Waals surface area contributed by atoms with E-state index < -0.39 is 0 Å². The van der Waals surface area contributed by atoms with Crippen LogP contribution in [0.3, 0.4) is 0 Å². The first-order chi connectivity index (χ1) is 7.76. The smallest absolute Gasteiger partial charge is 0.188 e. The molecule has 0 bridgehead atoms. The van der Waals surface area contributed by atoms with Crippen molar-refractivity contribution in [1.82, 2.24) is 10.2 Å². The molecule has 0 aromatic heterocycles. The lowest BCUT2D eigenvalue weighted by atomic mass is 10.1. The van der Waals surface area contributed by atoms with Crippen molar-refractivity contribution in [2.24, 2.45) is 16.6 Å². The Labute approximate surface area is 121 Å². The Kier molecular flexibility index (Phi) is 9.85. The maximum Gasteiger partial charge on any atom is 0.188 e. The van der Waals surface area contributed by atoms with Gasteiger partial charge in [0.2, 0.25) is 0 Å². The van der Waals surface area contributed by atoms with Crippen LogP contribution in [0.25, 0.3) is 0 Å². The van der Waals surface area contributed by atoms with Crippen molar-refractivity contribution >= 4 is 29.9 Å². The Hall–Kier alpha value is -0.0800. The van der Waals surface area contributed by atoms with Gasteiger partial charge >= 0.3 is 0 Å². The van der Waals surface area contributed by atoms with Gasteiger partial charge in [-0.2, -0.15) is 0 Å². The number of ether oxygens (including phenoxy) is 1. The largest absolute Gasteiger partial charge is 0.383 e. The Balaban J connectivity index is 0.00000256. The van der Waals surface area contributed by atoms with Crippen LogP contribution < -0.4 is 11.1 Å². The average Bonchev–Trinajstić information content (AvgIpc) is 2.74. The molecule has 0 spiro atoms. The molecule has 1 fully saturated rings. The van der Waals surface area contributed by atoms with Gasteiger partial charge in [0.05, 0.1) is 6.61 Å². The molecule has 6 heteroatoms. The summed E-state index contributed by atoms with van der Waals surface area (Å²) < 4.78 is 4.92. The van der Waals surface area contributed by atoms with Crippen LogP contribution in [0.5, 0.6) is 0 Å². The molecule has 1 heterocycles. The number of nitrogens with zero attached hydrogens (tertiary/aromatic N) is 2. The minimum atomic E-state index is 0. The highest BCUT2D eigenvalue weighted by atomic mass is 127. The number of nitrogens with one attached hydrogen (secondary N) is 1. The summed E-state index contributed by atoms with van der Waals surface area (Å²) in [5, 5.41) is 3.02. The van der Waals surface area contributed by atoms with Crippen LogP contribution in [0.1, 0.15) is 13.3 Å². The number of methoxy groups -OCH3 is 1. The van der Waals surface area contributed by atoms with E-state index >= 15 is 0 Å². The number of hydrogen-bond donors (Lipinski definition) is 2. The van der Waals surface area contributed by atoms with Crippen molar-refractivity contribution in [3.05, 3.63) is 0 Å². The molecular formula is C11H25IN4O. The summed E-state index contributed by atoms with van der Waals surface area (Å²) >= 11 is 0. The molecular weight excluding hydrogens is 331 g/mol. The highest BCUT2D eigenvalue weighted by Gasteiger charge is 2.20. The van der Waals surface area contributed by atoms with E-state index in [-0.39, 0.29) is 24.0 Å². The molecule has 5 nitrogen and oxygen atoms in total. The summed E-state index contributed by atoms with van der Waals surface area (Å²) in [6.45, 7) is 7.91. The number of halogens is 1. The number of hydrogen-bond acceptors (Lipinski definition) is 3. The van der Waals surface area contributed by atoms with E-state index in [1.54, 1.807) is 7.11 Å². The minimum Gasteiger partial charge on any atom is -0.383 e. The summed E-state index contributed by atoms with van der Waals surface area (Å²) in [7, 11) is 1.67. The molecule has 1 rings (SSSR count). The molecule has 0 aliphatic carbocycles. The Bertz CT molecular complexity index is 226. The van der Waals surface area contributed by atoms with Crippen LogP contribution in [-0.2, 0) is 4.74 Å². The van der Waals surface area contributed by atoms with E-state index in [1.165, 1.54) is 13.0 Å². The SMILES string of the molecule is CCN1CCC(CN=C(N)NCCOC)C1.I. The number of aliphatic imine (C=N–C) groups is 1. The van der Waals surface area contributed by atoms with E-state index in [0.29, 0.717) is 18.5 Å². The van der Waals surface area contributed by atoms with E-state index in [2.05, 4.69) is 22.1 Å². The molecule has 102 valence electrons. The third-order valence-electron chi connectivity index (χ3n) is 2.95. The van der Waals surface area contributed by atoms with Gasteiger partial charge in [0.25, 0.3) is 0 Å². The zero-order valence-corrected chi connectivity index (χ0v) is 13.1. The molecule has 3 N–H and O–H groups in total. The molecule has 1 aliphatic rings. The molecule has 0 saturated carbocycles. The van der Waals surface area contributed by atoms with Gasteiger partial charge in [0.15, 0.2) is 5.96 Å². The summed E-state index contributed by atoms with van der Waals surface area (Å²) in [6, 6.07) is 0. The van der Waals surface area contributed by atoms with Crippen LogP contribution in [0.4, 0.5) is 0 Å². The fourth-order valence-electron chi connectivity index (χ4n) is 1.91. The molecule has 1 saturated heterocycles. The van der Waals surface area contributed by atoms with Crippen molar-refractivity contribution in [2.45, 2.75) is 13.3 Å². The molecule has 0 radical (unpaired) electrons. The lowest BCUT2D eigenvalue weighted by Gasteiger charge is -2.12. The van der Waals surface area contributed by atoms with Gasteiger partial charge in [-0.05, 0) is 25.4 Å². The predicted octanol–water partition coefficient (Wildman–Crippen LogP) is 0.497. The Morgan fingerprint density at radius 1 is 1.59 bits per heavy atom. The standard InChI is InChI=1S/C11H24N4O.HI/c1-3-15-6-4-10(9-15)8-14-11(12)13-5-7-16-2;/h10H,3-9H2,1-2H3,(H3,12,13,14);1H. The fourth-order valence-corrected chi connectivity index (χ4v) is 1.91. The van der Waals surface area contributed by atoms with Crippen molar-refractivity contribution in [1.29, 1.82) is 0 Å². The summed E-state index contributed by atoms with van der Waals surface area (Å²) in [5.41, 5.74) is 5.73. The monoisotopic (exact) mass is 356 g/mol.